The molecule has 1 fully saturated rings. The average molecular weight is 427 g/mol. The lowest BCUT2D eigenvalue weighted by Crippen LogP contribution is -2.54. The molecule has 0 unspecified atom stereocenters. The van der Waals surface area contributed by atoms with E-state index < -0.39 is 11.8 Å². The zero-order valence-electron chi connectivity index (χ0n) is 16.8. The maximum atomic E-state index is 13.0. The Kier molecular flexibility index (Phi) is 6.01. The Morgan fingerprint density at radius 1 is 0.968 bits per heavy atom. The normalized spacial score (nSPS) is 15.4. The molecule has 0 radical (unpaired) electrons. The number of carbonyl (C=O) groups excluding carboxylic acids is 3. The molecule has 0 atom stereocenters. The van der Waals surface area contributed by atoms with Crippen molar-refractivity contribution in [1.82, 2.24) is 9.80 Å². The van der Waals surface area contributed by atoms with Gasteiger partial charge in [-0.2, -0.15) is 0 Å². The third-order valence-corrected chi connectivity index (χ3v) is 5.17. The number of anilines is 1. The Hall–Kier alpha value is -3.62. The first kappa shape index (κ1) is 20.6. The summed E-state index contributed by atoms with van der Waals surface area (Å²) < 4.78 is 23.5. The number of amides is 3. The number of carbonyl (C=O) groups is 3. The van der Waals surface area contributed by atoms with Crippen molar-refractivity contribution in [2.24, 2.45) is 0 Å². The van der Waals surface area contributed by atoms with Crippen molar-refractivity contribution < 1.29 is 28.2 Å². The summed E-state index contributed by atoms with van der Waals surface area (Å²) in [7, 11) is 0. The van der Waals surface area contributed by atoms with Crippen molar-refractivity contribution in [1.29, 1.82) is 0 Å². The van der Waals surface area contributed by atoms with Crippen LogP contribution >= 0.6 is 0 Å². The van der Waals surface area contributed by atoms with Gasteiger partial charge in [-0.25, -0.2) is 4.39 Å². The van der Waals surface area contributed by atoms with Crippen LogP contribution < -0.4 is 14.8 Å². The summed E-state index contributed by atoms with van der Waals surface area (Å²) in [5.41, 5.74) is 1.37. The fraction of sp³-hybridized carbons (Fsp3) is 0.318. The van der Waals surface area contributed by atoms with Crippen LogP contribution in [-0.4, -0.2) is 53.9 Å². The van der Waals surface area contributed by atoms with Gasteiger partial charge in [-0.3, -0.25) is 14.4 Å². The van der Waals surface area contributed by atoms with Crippen LogP contribution in [0.25, 0.3) is 0 Å². The van der Waals surface area contributed by atoms with Crippen molar-refractivity contribution in [3.05, 3.63) is 53.8 Å². The lowest BCUT2D eigenvalue weighted by Gasteiger charge is -2.33. The Morgan fingerprint density at radius 3 is 2.48 bits per heavy atom. The van der Waals surface area contributed by atoms with Gasteiger partial charge in [0.05, 0.1) is 0 Å². The van der Waals surface area contributed by atoms with E-state index in [2.05, 4.69) is 5.32 Å². The lowest BCUT2D eigenvalue weighted by molar-refractivity contribution is -0.156. The molecule has 2 heterocycles. The van der Waals surface area contributed by atoms with Crippen LogP contribution in [0.2, 0.25) is 0 Å². The molecule has 0 aliphatic carbocycles. The van der Waals surface area contributed by atoms with Gasteiger partial charge in [-0.15, -0.1) is 0 Å². The number of hydrogen-bond donors (Lipinski definition) is 1. The van der Waals surface area contributed by atoms with Crippen LogP contribution in [0, 0.1) is 5.82 Å². The monoisotopic (exact) mass is 427 g/mol. The highest BCUT2D eigenvalue weighted by Crippen LogP contribution is 2.34. The second-order valence-corrected chi connectivity index (χ2v) is 7.37. The Balaban J connectivity index is 1.22. The molecule has 4 rings (SSSR count). The van der Waals surface area contributed by atoms with E-state index >= 15 is 0 Å². The molecule has 2 aliphatic rings. The molecule has 8 nitrogen and oxygen atoms in total. The highest BCUT2D eigenvalue weighted by Gasteiger charge is 2.32. The molecular formula is C22H22FN3O5. The summed E-state index contributed by atoms with van der Waals surface area (Å²) in [4.78, 5) is 39.9. The summed E-state index contributed by atoms with van der Waals surface area (Å²) in [6.45, 7) is 1.54. The molecule has 2 aromatic carbocycles. The highest BCUT2D eigenvalue weighted by atomic mass is 19.1. The third-order valence-electron chi connectivity index (χ3n) is 5.17. The van der Waals surface area contributed by atoms with Gasteiger partial charge in [0.1, 0.15) is 5.82 Å². The summed E-state index contributed by atoms with van der Waals surface area (Å²) in [5, 5.41) is 2.79. The molecule has 3 amide bonds. The minimum Gasteiger partial charge on any atom is -0.454 e. The summed E-state index contributed by atoms with van der Waals surface area (Å²) in [6, 6.07) is 11.0. The lowest BCUT2D eigenvalue weighted by atomic mass is 10.1. The minimum atomic E-state index is -0.583. The molecule has 31 heavy (non-hydrogen) atoms. The van der Waals surface area contributed by atoms with Crippen LogP contribution in [0.4, 0.5) is 10.1 Å². The van der Waals surface area contributed by atoms with Crippen LogP contribution in [0.15, 0.2) is 42.5 Å². The fourth-order valence-electron chi connectivity index (χ4n) is 3.52. The van der Waals surface area contributed by atoms with Crippen molar-refractivity contribution in [3.8, 4) is 11.5 Å². The molecule has 1 saturated heterocycles. The summed E-state index contributed by atoms with van der Waals surface area (Å²) in [6.07, 6.45) is 0.652. The number of hydrogen-bond acceptors (Lipinski definition) is 5. The van der Waals surface area contributed by atoms with Crippen molar-refractivity contribution in [2.45, 2.75) is 19.4 Å². The molecular weight excluding hydrogens is 405 g/mol. The van der Waals surface area contributed by atoms with E-state index in [1.54, 1.807) is 30.3 Å². The third kappa shape index (κ3) is 4.93. The van der Waals surface area contributed by atoms with Crippen LogP contribution in [0.5, 0.6) is 11.5 Å². The number of ether oxygens (including phenoxy) is 2. The van der Waals surface area contributed by atoms with Gasteiger partial charge >= 0.3 is 11.8 Å². The number of nitrogens with zero attached hydrogens (tertiary/aromatic N) is 2. The van der Waals surface area contributed by atoms with E-state index in [0.717, 1.165) is 5.56 Å². The van der Waals surface area contributed by atoms with E-state index in [9.17, 15) is 18.8 Å². The number of piperazine rings is 1. The largest absolute Gasteiger partial charge is 0.454 e. The Bertz CT molecular complexity index is 995. The van der Waals surface area contributed by atoms with Gasteiger partial charge < -0.3 is 24.6 Å². The zero-order valence-corrected chi connectivity index (χ0v) is 16.8. The van der Waals surface area contributed by atoms with Gasteiger partial charge in [0, 0.05) is 44.4 Å². The van der Waals surface area contributed by atoms with Crippen molar-refractivity contribution in [3.63, 3.8) is 0 Å². The molecule has 1 N–H and O–H groups in total. The van der Waals surface area contributed by atoms with Crippen LogP contribution in [-0.2, 0) is 20.9 Å². The first-order valence-electron chi connectivity index (χ1n) is 10.0. The second-order valence-electron chi connectivity index (χ2n) is 7.37. The highest BCUT2D eigenvalue weighted by molar-refractivity contribution is 6.35. The number of halogens is 1. The van der Waals surface area contributed by atoms with Crippen LogP contribution in [0.3, 0.4) is 0 Å². The molecule has 0 spiro atoms. The van der Waals surface area contributed by atoms with Gasteiger partial charge in [-0.05, 0) is 36.2 Å². The molecule has 2 aromatic rings. The Morgan fingerprint density at radius 2 is 1.68 bits per heavy atom. The quantitative estimate of drug-likeness (QED) is 0.684. The van der Waals surface area contributed by atoms with Gasteiger partial charge in [0.15, 0.2) is 11.5 Å². The zero-order chi connectivity index (χ0) is 21.8. The van der Waals surface area contributed by atoms with E-state index in [-0.39, 0.29) is 31.5 Å². The van der Waals surface area contributed by atoms with E-state index in [4.69, 9.17) is 9.47 Å². The molecule has 2 aliphatic heterocycles. The number of fused-ring (bicyclic) bond motifs is 1. The van der Waals surface area contributed by atoms with Crippen molar-refractivity contribution >= 4 is 23.4 Å². The summed E-state index contributed by atoms with van der Waals surface area (Å²) >= 11 is 0. The van der Waals surface area contributed by atoms with Crippen molar-refractivity contribution in [2.75, 3.05) is 31.7 Å². The van der Waals surface area contributed by atoms with E-state index in [1.165, 1.54) is 21.9 Å². The first-order valence-corrected chi connectivity index (χ1v) is 10.0. The number of nitrogens with one attached hydrogen (secondary N) is 1. The van der Waals surface area contributed by atoms with Gasteiger partial charge in [0.25, 0.3) is 0 Å². The number of benzene rings is 2. The molecule has 0 aromatic heterocycles. The molecule has 0 saturated carbocycles. The van der Waals surface area contributed by atoms with E-state index in [1.807, 2.05) is 0 Å². The molecule has 162 valence electrons. The topological polar surface area (TPSA) is 88.2 Å². The SMILES string of the molecule is O=C(CCCN1CCN(Cc2ccc(F)cc2)C(=O)C1=O)Nc1ccc2c(c1)OCO2. The standard InChI is InChI=1S/C22H22FN3O5/c23-16-5-3-15(4-6-16)13-26-11-10-25(21(28)22(26)29)9-1-2-20(27)24-17-7-8-18-19(12-17)31-14-30-18/h3-8,12H,1-2,9-11,13-14H2,(H,24,27). The smallest absolute Gasteiger partial charge is 0.312 e. The first-order chi connectivity index (χ1) is 15.0. The fourth-order valence-corrected chi connectivity index (χ4v) is 3.52. The minimum absolute atomic E-state index is 0.163. The van der Waals surface area contributed by atoms with E-state index in [0.29, 0.717) is 43.2 Å². The summed E-state index contributed by atoms with van der Waals surface area (Å²) in [5.74, 6) is -0.476. The predicted molar refractivity (Wildman–Crippen MR) is 109 cm³/mol. The predicted octanol–water partition coefficient (Wildman–Crippen LogP) is 2.14. The van der Waals surface area contributed by atoms with Gasteiger partial charge in [-0.1, -0.05) is 12.1 Å². The maximum absolute atomic E-state index is 13.0. The number of rotatable bonds is 7. The second kappa shape index (κ2) is 9.03. The van der Waals surface area contributed by atoms with Gasteiger partial charge in [0.2, 0.25) is 12.7 Å². The van der Waals surface area contributed by atoms with Crippen LogP contribution in [0.1, 0.15) is 18.4 Å². The molecule has 0 bridgehead atoms. The molecule has 9 heteroatoms. The Labute approximate surface area is 178 Å². The maximum Gasteiger partial charge on any atom is 0.312 e. The average Bonchev–Trinajstić information content (AvgIpc) is 3.22.